The van der Waals surface area contributed by atoms with E-state index in [0.717, 1.165) is 38.5 Å². The van der Waals surface area contributed by atoms with Crippen LogP contribution in [-0.4, -0.2) is 57.7 Å². The van der Waals surface area contributed by atoms with Crippen molar-refractivity contribution in [3.05, 3.63) is 48.5 Å². The fraction of sp³-hybridized carbons (Fsp3) is 0.571. The third kappa shape index (κ3) is 4.86. The van der Waals surface area contributed by atoms with E-state index in [9.17, 15) is 0 Å². The van der Waals surface area contributed by atoms with E-state index in [2.05, 4.69) is 59.8 Å². The van der Waals surface area contributed by atoms with Gasteiger partial charge in [-0.15, -0.1) is 0 Å². The first-order valence-electron chi connectivity index (χ1n) is 9.82. The summed E-state index contributed by atoms with van der Waals surface area (Å²) in [7, 11) is 0. The van der Waals surface area contributed by atoms with Crippen molar-refractivity contribution in [2.45, 2.75) is 52.4 Å². The first-order chi connectivity index (χ1) is 12.7. The van der Waals surface area contributed by atoms with E-state index in [1.54, 1.807) is 6.20 Å². The highest BCUT2D eigenvalue weighted by atomic mass is 16.5. The lowest BCUT2D eigenvalue weighted by atomic mass is 10.1. The van der Waals surface area contributed by atoms with Gasteiger partial charge in [0.2, 0.25) is 0 Å². The van der Waals surface area contributed by atoms with Crippen LogP contribution in [0.3, 0.4) is 0 Å². The Morgan fingerprint density at radius 1 is 1.23 bits per heavy atom. The summed E-state index contributed by atoms with van der Waals surface area (Å²) in [5, 5.41) is 0. The topological polar surface area (TPSA) is 33.5 Å². The molecule has 0 aliphatic carbocycles. The van der Waals surface area contributed by atoms with Crippen LogP contribution in [0.2, 0.25) is 0 Å². The number of aromatic nitrogens is 2. The number of benzene rings is 1. The van der Waals surface area contributed by atoms with E-state index in [1.807, 2.05) is 17.1 Å². The Balaban J connectivity index is 1.57. The van der Waals surface area contributed by atoms with Gasteiger partial charge in [-0.25, -0.2) is 4.98 Å². The van der Waals surface area contributed by atoms with Gasteiger partial charge in [-0.2, -0.15) is 0 Å². The molecule has 5 heteroatoms. The number of hydrogen-bond donors (Lipinski definition) is 0. The average molecular weight is 357 g/mol. The van der Waals surface area contributed by atoms with Crippen LogP contribution in [0.1, 0.15) is 32.8 Å². The zero-order valence-electron chi connectivity index (χ0n) is 16.3. The molecule has 142 valence electrons. The Hall–Kier alpha value is -1.85. The fourth-order valence-electron chi connectivity index (χ4n) is 3.82. The number of ether oxygens (including phenoxy) is 1. The third-order valence-electron chi connectivity index (χ3n) is 5.28. The summed E-state index contributed by atoms with van der Waals surface area (Å²) in [6.45, 7) is 12.8. The summed E-state index contributed by atoms with van der Waals surface area (Å²) in [4.78, 5) is 9.29. The summed E-state index contributed by atoms with van der Waals surface area (Å²) in [6.07, 6.45) is 6.80. The highest BCUT2D eigenvalue weighted by Crippen LogP contribution is 2.23. The highest BCUT2D eigenvalue weighted by molar-refractivity contribution is 5.33. The fourth-order valence-corrected chi connectivity index (χ4v) is 3.82. The van der Waals surface area contributed by atoms with Crippen molar-refractivity contribution in [2.75, 3.05) is 26.2 Å². The first kappa shape index (κ1) is 18.9. The highest BCUT2D eigenvalue weighted by Gasteiger charge is 2.27. The largest absolute Gasteiger partial charge is 0.491 e. The second-order valence-corrected chi connectivity index (χ2v) is 7.39. The predicted molar refractivity (Wildman–Crippen MR) is 105 cm³/mol. The second-order valence-electron chi connectivity index (χ2n) is 7.39. The van der Waals surface area contributed by atoms with Crippen LogP contribution in [0.25, 0.3) is 0 Å². The molecule has 3 rings (SSSR count). The summed E-state index contributed by atoms with van der Waals surface area (Å²) in [5.74, 6) is 1.01. The molecule has 0 unspecified atom stereocenters. The van der Waals surface area contributed by atoms with Gasteiger partial charge in [-0.1, -0.05) is 25.1 Å². The lowest BCUT2D eigenvalue weighted by Crippen LogP contribution is -2.54. The Kier molecular flexibility index (Phi) is 6.69. The molecule has 1 atom stereocenters. The number of nitrogens with zero attached hydrogens (tertiary/aromatic N) is 4. The smallest absolute Gasteiger partial charge is 0.123 e. The van der Waals surface area contributed by atoms with Crippen LogP contribution < -0.4 is 4.74 Å². The van der Waals surface area contributed by atoms with Crippen molar-refractivity contribution >= 4 is 0 Å². The molecular weight excluding hydrogens is 324 g/mol. The molecule has 0 spiro atoms. The Morgan fingerprint density at radius 3 is 2.81 bits per heavy atom. The monoisotopic (exact) mass is 356 g/mol. The molecule has 1 aliphatic rings. The maximum Gasteiger partial charge on any atom is 0.123 e. The SMILES string of the molecule is CC[C@@H]1CN(Cc2ccccc2OCCn2ccnc2)CCN1C(C)C. The van der Waals surface area contributed by atoms with E-state index >= 15 is 0 Å². The lowest BCUT2D eigenvalue weighted by Gasteiger charge is -2.43. The molecular formula is C21H32N4O. The molecule has 0 saturated carbocycles. The minimum absolute atomic E-state index is 0.626. The summed E-state index contributed by atoms with van der Waals surface area (Å²) in [5.41, 5.74) is 1.28. The maximum atomic E-state index is 6.08. The van der Waals surface area contributed by atoms with Gasteiger partial charge in [0.05, 0.1) is 12.9 Å². The van der Waals surface area contributed by atoms with E-state index < -0.39 is 0 Å². The van der Waals surface area contributed by atoms with Gasteiger partial charge in [0.1, 0.15) is 12.4 Å². The minimum atomic E-state index is 0.626. The van der Waals surface area contributed by atoms with Crippen molar-refractivity contribution in [3.8, 4) is 5.75 Å². The van der Waals surface area contributed by atoms with Crippen LogP contribution in [0.15, 0.2) is 43.0 Å². The van der Waals surface area contributed by atoms with Gasteiger partial charge >= 0.3 is 0 Å². The summed E-state index contributed by atoms with van der Waals surface area (Å²) >= 11 is 0. The van der Waals surface area contributed by atoms with E-state index in [4.69, 9.17) is 4.74 Å². The maximum absolute atomic E-state index is 6.08. The van der Waals surface area contributed by atoms with Gasteiger partial charge in [0, 0.05) is 56.2 Å². The molecule has 0 radical (unpaired) electrons. The molecule has 0 bridgehead atoms. The molecule has 1 aromatic heterocycles. The van der Waals surface area contributed by atoms with Crippen LogP contribution in [0, 0.1) is 0 Å². The molecule has 1 aromatic carbocycles. The molecule has 1 saturated heterocycles. The number of imidazole rings is 1. The quantitative estimate of drug-likeness (QED) is 0.727. The first-order valence-corrected chi connectivity index (χ1v) is 9.82. The van der Waals surface area contributed by atoms with Crippen molar-refractivity contribution in [1.82, 2.24) is 19.4 Å². The standard InChI is InChI=1S/C21H32N4O/c1-4-20-16-24(11-12-25(20)18(2)3)15-19-7-5-6-8-21(19)26-14-13-23-10-9-22-17-23/h5-10,17-18,20H,4,11-16H2,1-3H3/t20-/m1/s1. The van der Waals surface area contributed by atoms with Gasteiger partial charge in [-0.05, 0) is 26.3 Å². The molecule has 5 nitrogen and oxygen atoms in total. The van der Waals surface area contributed by atoms with Crippen molar-refractivity contribution in [2.24, 2.45) is 0 Å². The minimum Gasteiger partial charge on any atom is -0.491 e. The van der Waals surface area contributed by atoms with E-state index in [1.165, 1.54) is 12.0 Å². The molecule has 1 fully saturated rings. The number of piperazine rings is 1. The Labute approximate surface area is 157 Å². The predicted octanol–water partition coefficient (Wildman–Crippen LogP) is 3.27. The third-order valence-corrected chi connectivity index (χ3v) is 5.28. The average Bonchev–Trinajstić information content (AvgIpc) is 3.16. The number of rotatable bonds is 8. The molecule has 2 aromatic rings. The zero-order valence-corrected chi connectivity index (χ0v) is 16.3. The van der Waals surface area contributed by atoms with Gasteiger partial charge in [0.25, 0.3) is 0 Å². The zero-order chi connectivity index (χ0) is 18.4. The Morgan fingerprint density at radius 2 is 2.08 bits per heavy atom. The van der Waals surface area contributed by atoms with Crippen molar-refractivity contribution < 1.29 is 4.74 Å². The normalized spacial score (nSPS) is 19.2. The number of hydrogen-bond acceptors (Lipinski definition) is 4. The molecule has 1 aliphatic heterocycles. The second kappa shape index (κ2) is 9.19. The van der Waals surface area contributed by atoms with E-state index in [-0.39, 0.29) is 0 Å². The summed E-state index contributed by atoms with van der Waals surface area (Å²) < 4.78 is 8.12. The Bertz CT molecular complexity index is 656. The molecule has 2 heterocycles. The van der Waals surface area contributed by atoms with Crippen LogP contribution in [-0.2, 0) is 13.1 Å². The van der Waals surface area contributed by atoms with E-state index in [0.29, 0.717) is 18.7 Å². The van der Waals surface area contributed by atoms with Crippen molar-refractivity contribution in [1.29, 1.82) is 0 Å². The van der Waals surface area contributed by atoms with Gasteiger partial charge in [0.15, 0.2) is 0 Å². The number of para-hydroxylation sites is 1. The van der Waals surface area contributed by atoms with Crippen LogP contribution in [0.5, 0.6) is 5.75 Å². The van der Waals surface area contributed by atoms with Gasteiger partial charge < -0.3 is 9.30 Å². The molecule has 0 N–H and O–H groups in total. The summed E-state index contributed by atoms with van der Waals surface area (Å²) in [6, 6.07) is 9.73. The van der Waals surface area contributed by atoms with Crippen LogP contribution >= 0.6 is 0 Å². The molecule has 0 amide bonds. The van der Waals surface area contributed by atoms with Gasteiger partial charge in [-0.3, -0.25) is 9.80 Å². The lowest BCUT2D eigenvalue weighted by molar-refractivity contribution is 0.0452. The van der Waals surface area contributed by atoms with Crippen LogP contribution in [0.4, 0.5) is 0 Å². The molecule has 26 heavy (non-hydrogen) atoms. The van der Waals surface area contributed by atoms with Crippen molar-refractivity contribution in [3.63, 3.8) is 0 Å².